The van der Waals surface area contributed by atoms with Crippen LogP contribution in [0.1, 0.15) is 32.1 Å². The van der Waals surface area contributed by atoms with E-state index < -0.39 is 0 Å². The molecule has 0 aromatic heterocycles. The monoisotopic (exact) mass is 349 g/mol. The summed E-state index contributed by atoms with van der Waals surface area (Å²) in [4.78, 5) is 5.04. The van der Waals surface area contributed by atoms with Crippen molar-refractivity contribution in [1.29, 1.82) is 0 Å². The molecule has 1 aliphatic rings. The van der Waals surface area contributed by atoms with Gasteiger partial charge in [-0.25, -0.2) is 0 Å². The lowest BCUT2D eigenvalue weighted by Gasteiger charge is -2.34. The SMILES string of the molecule is NCCOCCCN1CCN(CCOCCCCCCCl)CC1. The van der Waals surface area contributed by atoms with Crippen LogP contribution in [0.5, 0.6) is 0 Å². The maximum Gasteiger partial charge on any atom is 0.0593 e. The van der Waals surface area contributed by atoms with Crippen LogP contribution in [0.3, 0.4) is 0 Å². The standard InChI is InChI=1S/C17H36ClN3O2/c18-6-3-1-2-4-14-23-17-13-21-11-9-20(10-12-21)8-5-15-22-16-7-19/h1-17,19H2. The normalized spacial score (nSPS) is 17.0. The van der Waals surface area contributed by atoms with E-state index in [1.54, 1.807) is 0 Å². The average Bonchev–Trinajstić information content (AvgIpc) is 2.58. The van der Waals surface area contributed by atoms with Crippen molar-refractivity contribution in [2.75, 3.05) is 78.1 Å². The molecule has 1 saturated heterocycles. The highest BCUT2D eigenvalue weighted by Crippen LogP contribution is 2.04. The van der Waals surface area contributed by atoms with Crippen LogP contribution in [0.15, 0.2) is 0 Å². The number of rotatable bonds is 15. The fraction of sp³-hybridized carbons (Fsp3) is 1.00. The van der Waals surface area contributed by atoms with Gasteiger partial charge in [-0.3, -0.25) is 4.90 Å². The van der Waals surface area contributed by atoms with E-state index in [0.29, 0.717) is 13.2 Å². The van der Waals surface area contributed by atoms with E-state index >= 15 is 0 Å². The highest BCUT2D eigenvalue weighted by molar-refractivity contribution is 6.17. The minimum atomic E-state index is 0.619. The van der Waals surface area contributed by atoms with Crippen LogP contribution in [-0.2, 0) is 9.47 Å². The van der Waals surface area contributed by atoms with Crippen molar-refractivity contribution in [1.82, 2.24) is 9.80 Å². The van der Waals surface area contributed by atoms with Crippen LogP contribution < -0.4 is 5.73 Å². The Balaban J connectivity index is 1.86. The van der Waals surface area contributed by atoms with Gasteiger partial charge in [-0.2, -0.15) is 0 Å². The largest absolute Gasteiger partial charge is 0.380 e. The molecule has 138 valence electrons. The average molecular weight is 350 g/mol. The minimum Gasteiger partial charge on any atom is -0.380 e. The second-order valence-corrected chi connectivity index (χ2v) is 6.53. The Hall–Kier alpha value is 0.0900. The number of hydrogen-bond donors (Lipinski definition) is 1. The van der Waals surface area contributed by atoms with Crippen molar-refractivity contribution in [3.05, 3.63) is 0 Å². The smallest absolute Gasteiger partial charge is 0.0593 e. The van der Waals surface area contributed by atoms with Crippen molar-refractivity contribution in [3.63, 3.8) is 0 Å². The Labute approximate surface area is 147 Å². The van der Waals surface area contributed by atoms with Gasteiger partial charge in [0.1, 0.15) is 0 Å². The highest BCUT2D eigenvalue weighted by atomic mass is 35.5. The van der Waals surface area contributed by atoms with Crippen LogP contribution in [0, 0.1) is 0 Å². The van der Waals surface area contributed by atoms with Crippen LogP contribution in [-0.4, -0.2) is 87.9 Å². The number of hydrogen-bond acceptors (Lipinski definition) is 5. The molecule has 1 heterocycles. The Morgan fingerprint density at radius 2 is 1.30 bits per heavy atom. The third kappa shape index (κ3) is 12.1. The van der Waals surface area contributed by atoms with E-state index in [9.17, 15) is 0 Å². The van der Waals surface area contributed by atoms with Gasteiger partial charge in [0.15, 0.2) is 0 Å². The molecule has 1 fully saturated rings. The number of halogens is 1. The van der Waals surface area contributed by atoms with E-state index in [-0.39, 0.29) is 0 Å². The Morgan fingerprint density at radius 1 is 0.696 bits per heavy atom. The van der Waals surface area contributed by atoms with E-state index in [4.69, 9.17) is 26.8 Å². The van der Waals surface area contributed by atoms with E-state index in [0.717, 1.165) is 84.2 Å². The Morgan fingerprint density at radius 3 is 2.00 bits per heavy atom. The molecule has 0 atom stereocenters. The number of ether oxygens (including phenoxy) is 2. The molecule has 0 bridgehead atoms. The number of nitrogens with zero attached hydrogens (tertiary/aromatic N) is 2. The molecule has 0 aliphatic carbocycles. The van der Waals surface area contributed by atoms with Crippen LogP contribution >= 0.6 is 11.6 Å². The summed E-state index contributed by atoms with van der Waals surface area (Å²) in [6.45, 7) is 10.7. The first-order valence-electron chi connectivity index (χ1n) is 9.23. The summed E-state index contributed by atoms with van der Waals surface area (Å²) in [7, 11) is 0. The lowest BCUT2D eigenvalue weighted by molar-refractivity contribution is 0.0687. The summed E-state index contributed by atoms with van der Waals surface area (Å²) in [5.41, 5.74) is 5.40. The van der Waals surface area contributed by atoms with Gasteiger partial charge in [0.25, 0.3) is 0 Å². The molecule has 5 nitrogen and oxygen atoms in total. The molecule has 0 radical (unpaired) electrons. The zero-order chi connectivity index (χ0) is 16.6. The van der Waals surface area contributed by atoms with Crippen molar-refractivity contribution in [3.8, 4) is 0 Å². The molecule has 23 heavy (non-hydrogen) atoms. The van der Waals surface area contributed by atoms with E-state index in [1.165, 1.54) is 12.8 Å². The topological polar surface area (TPSA) is 51.0 Å². The van der Waals surface area contributed by atoms with Crippen molar-refractivity contribution < 1.29 is 9.47 Å². The minimum absolute atomic E-state index is 0.619. The first-order valence-corrected chi connectivity index (χ1v) is 9.76. The summed E-state index contributed by atoms with van der Waals surface area (Å²) in [6.07, 6.45) is 5.86. The molecule has 0 unspecified atom stereocenters. The van der Waals surface area contributed by atoms with Gasteiger partial charge in [-0.1, -0.05) is 12.8 Å². The van der Waals surface area contributed by atoms with Gasteiger partial charge in [0, 0.05) is 64.9 Å². The number of alkyl halides is 1. The molecule has 0 amide bonds. The second-order valence-electron chi connectivity index (χ2n) is 6.15. The summed E-state index contributed by atoms with van der Waals surface area (Å²) < 4.78 is 11.1. The van der Waals surface area contributed by atoms with Crippen LogP contribution in [0.2, 0.25) is 0 Å². The highest BCUT2D eigenvalue weighted by Gasteiger charge is 2.15. The van der Waals surface area contributed by atoms with Gasteiger partial charge in [-0.15, -0.1) is 11.6 Å². The van der Waals surface area contributed by atoms with Crippen LogP contribution in [0.4, 0.5) is 0 Å². The van der Waals surface area contributed by atoms with Gasteiger partial charge < -0.3 is 20.1 Å². The molecule has 6 heteroatoms. The molecule has 1 aliphatic heterocycles. The number of nitrogens with two attached hydrogens (primary N) is 1. The first kappa shape index (κ1) is 21.1. The molecule has 0 spiro atoms. The van der Waals surface area contributed by atoms with Gasteiger partial charge in [0.05, 0.1) is 13.2 Å². The Bertz CT molecular complexity index is 249. The van der Waals surface area contributed by atoms with E-state index in [1.807, 2.05) is 0 Å². The molecule has 1 rings (SSSR count). The lowest BCUT2D eigenvalue weighted by Crippen LogP contribution is -2.47. The van der Waals surface area contributed by atoms with Gasteiger partial charge in [-0.05, 0) is 19.3 Å². The molecular weight excluding hydrogens is 314 g/mol. The van der Waals surface area contributed by atoms with Crippen molar-refractivity contribution in [2.24, 2.45) is 5.73 Å². The Kier molecular flexibility index (Phi) is 14.3. The van der Waals surface area contributed by atoms with Crippen molar-refractivity contribution >= 4 is 11.6 Å². The maximum atomic E-state index is 5.73. The first-order chi connectivity index (χ1) is 11.4. The molecule has 0 saturated carbocycles. The fourth-order valence-electron chi connectivity index (χ4n) is 2.76. The predicted octanol–water partition coefficient (Wildman–Crippen LogP) is 1.79. The predicted molar refractivity (Wildman–Crippen MR) is 97.4 cm³/mol. The zero-order valence-electron chi connectivity index (χ0n) is 14.7. The molecule has 2 N–H and O–H groups in total. The number of piperazine rings is 1. The second kappa shape index (κ2) is 15.6. The third-order valence-electron chi connectivity index (χ3n) is 4.21. The zero-order valence-corrected chi connectivity index (χ0v) is 15.4. The fourth-order valence-corrected chi connectivity index (χ4v) is 2.95. The van der Waals surface area contributed by atoms with E-state index in [2.05, 4.69) is 9.80 Å². The lowest BCUT2D eigenvalue weighted by atomic mass is 10.2. The number of unbranched alkanes of at least 4 members (excludes halogenated alkanes) is 3. The van der Waals surface area contributed by atoms with Gasteiger partial charge in [0.2, 0.25) is 0 Å². The quantitative estimate of drug-likeness (QED) is 0.361. The van der Waals surface area contributed by atoms with Crippen molar-refractivity contribution in [2.45, 2.75) is 32.1 Å². The summed E-state index contributed by atoms with van der Waals surface area (Å²) in [5.74, 6) is 0.785. The summed E-state index contributed by atoms with van der Waals surface area (Å²) in [5, 5.41) is 0. The molecule has 0 aromatic carbocycles. The molecular formula is C17H36ClN3O2. The molecule has 0 aromatic rings. The third-order valence-corrected chi connectivity index (χ3v) is 4.48. The van der Waals surface area contributed by atoms with Gasteiger partial charge >= 0.3 is 0 Å². The summed E-state index contributed by atoms with van der Waals surface area (Å²) >= 11 is 5.66. The summed E-state index contributed by atoms with van der Waals surface area (Å²) in [6, 6.07) is 0. The maximum absolute atomic E-state index is 5.73. The van der Waals surface area contributed by atoms with Crippen LogP contribution in [0.25, 0.3) is 0 Å².